The number of ether oxygens (including phenoxy) is 1. The lowest BCUT2D eigenvalue weighted by atomic mass is 10.0. The van der Waals surface area contributed by atoms with Crippen LogP contribution in [0.1, 0.15) is 36.7 Å². The number of rotatable bonds is 6. The second-order valence-corrected chi connectivity index (χ2v) is 6.11. The average Bonchev–Trinajstić information content (AvgIpc) is 2.45. The highest BCUT2D eigenvalue weighted by Crippen LogP contribution is 2.09. The molecule has 0 unspecified atom stereocenters. The zero-order chi connectivity index (χ0) is 16.5. The summed E-state index contributed by atoms with van der Waals surface area (Å²) in [6.07, 6.45) is 1.01. The second-order valence-electron chi connectivity index (χ2n) is 5.70. The molecule has 6 heteroatoms. The van der Waals surface area contributed by atoms with E-state index in [1.54, 1.807) is 7.11 Å². The fourth-order valence-electron chi connectivity index (χ4n) is 2.00. The third-order valence-electron chi connectivity index (χ3n) is 2.94. The van der Waals surface area contributed by atoms with Gasteiger partial charge in [0.05, 0.1) is 6.61 Å². The molecule has 0 spiro atoms. The van der Waals surface area contributed by atoms with Gasteiger partial charge in [0.15, 0.2) is 5.11 Å². The summed E-state index contributed by atoms with van der Waals surface area (Å²) in [7, 11) is 1.62. The van der Waals surface area contributed by atoms with E-state index in [1.165, 1.54) is 5.56 Å². The summed E-state index contributed by atoms with van der Waals surface area (Å²) in [4.78, 5) is 12.0. The van der Waals surface area contributed by atoms with Crippen LogP contribution < -0.4 is 16.2 Å². The Balaban J connectivity index is 2.43. The van der Waals surface area contributed by atoms with Crippen molar-refractivity contribution in [3.63, 3.8) is 0 Å². The lowest BCUT2D eigenvalue weighted by Crippen LogP contribution is -2.49. The van der Waals surface area contributed by atoms with Crippen molar-refractivity contribution in [2.45, 2.75) is 33.2 Å². The Morgan fingerprint density at radius 1 is 1.18 bits per heavy atom. The standard InChI is InChI=1S/C16H25N3O2S/c1-11(2)9-13-5-7-14(8-6-13)15(20)18-19-16(22)17-12(3)10-21-4/h5-8,11-12H,9-10H2,1-4H3,(H,18,20)(H2,17,19,22)/t12-/m1/s1. The van der Waals surface area contributed by atoms with Crippen molar-refractivity contribution in [1.82, 2.24) is 16.2 Å². The number of thiocarbonyl (C=S) groups is 1. The molecular weight excluding hydrogens is 298 g/mol. The first-order valence-electron chi connectivity index (χ1n) is 7.37. The van der Waals surface area contributed by atoms with Gasteiger partial charge in [0, 0.05) is 18.7 Å². The number of nitrogens with one attached hydrogen (secondary N) is 3. The van der Waals surface area contributed by atoms with Crippen LogP contribution >= 0.6 is 12.2 Å². The highest BCUT2D eigenvalue weighted by molar-refractivity contribution is 7.80. The third kappa shape index (κ3) is 6.87. The van der Waals surface area contributed by atoms with Crippen LogP contribution in [-0.2, 0) is 11.2 Å². The van der Waals surface area contributed by atoms with Gasteiger partial charge in [0.1, 0.15) is 0 Å². The lowest BCUT2D eigenvalue weighted by Gasteiger charge is -2.16. The Morgan fingerprint density at radius 2 is 1.82 bits per heavy atom. The van der Waals surface area contributed by atoms with E-state index in [0.29, 0.717) is 23.2 Å². The summed E-state index contributed by atoms with van der Waals surface area (Å²) >= 11 is 5.09. The van der Waals surface area contributed by atoms with Gasteiger partial charge in [-0.1, -0.05) is 26.0 Å². The van der Waals surface area contributed by atoms with E-state index in [-0.39, 0.29) is 11.9 Å². The number of methoxy groups -OCH3 is 1. The fraction of sp³-hybridized carbons (Fsp3) is 0.500. The van der Waals surface area contributed by atoms with Gasteiger partial charge in [-0.05, 0) is 49.2 Å². The Bertz CT molecular complexity index is 489. The number of hydrogen-bond acceptors (Lipinski definition) is 3. The smallest absolute Gasteiger partial charge is 0.269 e. The van der Waals surface area contributed by atoms with Crippen molar-refractivity contribution in [3.05, 3.63) is 35.4 Å². The molecule has 5 nitrogen and oxygen atoms in total. The van der Waals surface area contributed by atoms with E-state index in [9.17, 15) is 4.79 Å². The molecule has 0 aliphatic rings. The quantitative estimate of drug-likeness (QED) is 0.552. The molecule has 0 heterocycles. The number of hydrogen-bond donors (Lipinski definition) is 3. The van der Waals surface area contributed by atoms with Crippen molar-refractivity contribution in [2.75, 3.05) is 13.7 Å². The summed E-state index contributed by atoms with van der Waals surface area (Å²) in [5, 5.41) is 3.35. The van der Waals surface area contributed by atoms with Gasteiger partial charge < -0.3 is 10.1 Å². The van der Waals surface area contributed by atoms with Crippen LogP contribution in [0.15, 0.2) is 24.3 Å². The molecule has 0 aliphatic carbocycles. The highest BCUT2D eigenvalue weighted by Gasteiger charge is 2.07. The predicted molar refractivity (Wildman–Crippen MR) is 92.7 cm³/mol. The Hall–Kier alpha value is -1.66. The van der Waals surface area contributed by atoms with Crippen molar-refractivity contribution in [2.24, 2.45) is 5.92 Å². The Morgan fingerprint density at radius 3 is 2.36 bits per heavy atom. The summed E-state index contributed by atoms with van der Waals surface area (Å²) in [5.74, 6) is 0.374. The number of hydrazine groups is 1. The fourth-order valence-corrected chi connectivity index (χ4v) is 2.25. The van der Waals surface area contributed by atoms with Crippen molar-refractivity contribution in [1.29, 1.82) is 0 Å². The number of benzene rings is 1. The van der Waals surface area contributed by atoms with Crippen molar-refractivity contribution >= 4 is 23.2 Å². The molecule has 1 amide bonds. The molecule has 22 heavy (non-hydrogen) atoms. The maximum Gasteiger partial charge on any atom is 0.269 e. The second kappa shape index (κ2) is 9.38. The van der Waals surface area contributed by atoms with E-state index in [1.807, 2.05) is 31.2 Å². The minimum absolute atomic E-state index is 0.0669. The van der Waals surface area contributed by atoms with Crippen LogP contribution in [0.4, 0.5) is 0 Å². The molecule has 0 aromatic heterocycles. The SMILES string of the molecule is COC[C@@H](C)NC(=S)NNC(=O)c1ccc(CC(C)C)cc1. The Kier molecular flexibility index (Phi) is 7.84. The van der Waals surface area contributed by atoms with Crippen LogP contribution in [-0.4, -0.2) is 30.8 Å². The van der Waals surface area contributed by atoms with Gasteiger partial charge in [0.2, 0.25) is 0 Å². The summed E-state index contributed by atoms with van der Waals surface area (Å²) < 4.78 is 5.00. The Labute approximate surface area is 137 Å². The van der Waals surface area contributed by atoms with E-state index in [0.717, 1.165) is 6.42 Å². The molecule has 122 valence electrons. The molecule has 1 rings (SSSR count). The van der Waals surface area contributed by atoms with Gasteiger partial charge in [-0.15, -0.1) is 0 Å². The molecule has 0 bridgehead atoms. The van der Waals surface area contributed by atoms with Gasteiger partial charge >= 0.3 is 0 Å². The van der Waals surface area contributed by atoms with Crippen molar-refractivity contribution in [3.8, 4) is 0 Å². The van der Waals surface area contributed by atoms with Crippen LogP contribution in [0, 0.1) is 5.92 Å². The molecule has 0 saturated heterocycles. The first kappa shape index (κ1) is 18.4. The summed E-state index contributed by atoms with van der Waals surface area (Å²) in [6, 6.07) is 7.66. The van der Waals surface area contributed by atoms with Gasteiger partial charge in [-0.3, -0.25) is 15.6 Å². The predicted octanol–water partition coefficient (Wildman–Crippen LogP) is 2.03. The molecule has 0 saturated carbocycles. The molecular formula is C16H25N3O2S. The average molecular weight is 323 g/mol. The maximum absolute atomic E-state index is 12.0. The van der Waals surface area contributed by atoms with Gasteiger partial charge in [-0.2, -0.15) is 0 Å². The largest absolute Gasteiger partial charge is 0.383 e. The number of carbonyl (C=O) groups is 1. The summed E-state index contributed by atoms with van der Waals surface area (Å²) in [5.41, 5.74) is 7.07. The molecule has 1 atom stereocenters. The summed E-state index contributed by atoms with van der Waals surface area (Å²) in [6.45, 7) is 6.81. The van der Waals surface area contributed by atoms with Crippen LogP contribution in [0.5, 0.6) is 0 Å². The first-order valence-corrected chi connectivity index (χ1v) is 7.78. The molecule has 0 aliphatic heterocycles. The van der Waals surface area contributed by atoms with E-state index >= 15 is 0 Å². The molecule has 0 fully saturated rings. The van der Waals surface area contributed by atoms with Crippen molar-refractivity contribution < 1.29 is 9.53 Å². The molecule has 1 aromatic rings. The van der Waals surface area contributed by atoms with E-state index < -0.39 is 0 Å². The highest BCUT2D eigenvalue weighted by atomic mass is 32.1. The zero-order valence-corrected chi connectivity index (χ0v) is 14.4. The van der Waals surface area contributed by atoms with Crippen LogP contribution in [0.25, 0.3) is 0 Å². The van der Waals surface area contributed by atoms with Gasteiger partial charge in [-0.25, -0.2) is 0 Å². The van der Waals surface area contributed by atoms with E-state index in [2.05, 4.69) is 30.0 Å². The molecule has 3 N–H and O–H groups in total. The maximum atomic E-state index is 12.0. The number of amides is 1. The minimum atomic E-state index is -0.223. The topological polar surface area (TPSA) is 62.4 Å². The van der Waals surface area contributed by atoms with Gasteiger partial charge in [0.25, 0.3) is 5.91 Å². The lowest BCUT2D eigenvalue weighted by molar-refractivity contribution is 0.0943. The minimum Gasteiger partial charge on any atom is -0.383 e. The zero-order valence-electron chi connectivity index (χ0n) is 13.6. The molecule has 0 radical (unpaired) electrons. The monoisotopic (exact) mass is 323 g/mol. The number of carbonyl (C=O) groups excluding carboxylic acids is 1. The third-order valence-corrected chi connectivity index (χ3v) is 3.16. The molecule has 1 aromatic carbocycles. The normalized spacial score (nSPS) is 11.9. The van der Waals surface area contributed by atoms with Crippen LogP contribution in [0.2, 0.25) is 0 Å². The van der Waals surface area contributed by atoms with E-state index in [4.69, 9.17) is 17.0 Å². The first-order chi connectivity index (χ1) is 10.4. The van der Waals surface area contributed by atoms with Crippen LogP contribution in [0.3, 0.4) is 0 Å².